The molecule has 28 heavy (non-hydrogen) atoms. The van der Waals surface area contributed by atoms with Crippen molar-refractivity contribution >= 4 is 17.8 Å². The summed E-state index contributed by atoms with van der Waals surface area (Å²) < 4.78 is 0. The van der Waals surface area contributed by atoms with E-state index < -0.39 is 11.8 Å². The summed E-state index contributed by atoms with van der Waals surface area (Å²) >= 11 is 0. The number of carbonyl (C=O) groups excluding carboxylic acids is 2. The number of aromatic nitrogens is 2. The lowest BCUT2D eigenvalue weighted by molar-refractivity contribution is -0.122. The first-order chi connectivity index (χ1) is 13.7. The minimum atomic E-state index is -0.397. The third kappa shape index (κ3) is 1.81. The molecule has 1 fully saturated rings. The maximum atomic E-state index is 13.5. The maximum Gasteiger partial charge on any atom is 0.241 e. The average Bonchev–Trinajstić information content (AvgIpc) is 2.99. The van der Waals surface area contributed by atoms with Crippen molar-refractivity contribution < 1.29 is 9.59 Å². The van der Waals surface area contributed by atoms with Crippen molar-refractivity contribution in [3.63, 3.8) is 0 Å². The Morgan fingerprint density at radius 1 is 0.750 bits per heavy atom. The number of aryl methyl sites for hydroxylation is 1. The van der Waals surface area contributed by atoms with Gasteiger partial charge in [0.2, 0.25) is 17.8 Å². The van der Waals surface area contributed by atoms with Gasteiger partial charge in [-0.1, -0.05) is 48.5 Å². The van der Waals surface area contributed by atoms with Crippen molar-refractivity contribution in [1.29, 1.82) is 0 Å². The lowest BCUT2D eigenvalue weighted by Crippen LogP contribution is -2.41. The van der Waals surface area contributed by atoms with Gasteiger partial charge in [0.1, 0.15) is 0 Å². The van der Waals surface area contributed by atoms with E-state index in [0.29, 0.717) is 0 Å². The Labute approximate surface area is 162 Å². The third-order valence-electron chi connectivity index (χ3n) is 6.43. The summed E-state index contributed by atoms with van der Waals surface area (Å²) in [6.07, 6.45) is 1.60. The molecule has 0 spiro atoms. The molecule has 1 aromatic heterocycles. The summed E-state index contributed by atoms with van der Waals surface area (Å²) in [5, 5.41) is 0. The van der Waals surface area contributed by atoms with Crippen molar-refractivity contribution in [2.24, 2.45) is 11.8 Å². The number of hydrogen-bond donors (Lipinski definition) is 0. The Kier molecular flexibility index (Phi) is 3.00. The molecule has 136 valence electrons. The highest BCUT2D eigenvalue weighted by Crippen LogP contribution is 2.61. The summed E-state index contributed by atoms with van der Waals surface area (Å²) in [6, 6.07) is 18.2. The van der Waals surface area contributed by atoms with Gasteiger partial charge in [-0.05, 0) is 35.2 Å². The fourth-order valence-electron chi connectivity index (χ4n) is 5.42. The molecule has 5 heteroatoms. The van der Waals surface area contributed by atoms with Crippen LogP contribution in [-0.4, -0.2) is 21.8 Å². The predicted octanol–water partition coefficient (Wildman–Crippen LogP) is 3.18. The van der Waals surface area contributed by atoms with Crippen molar-refractivity contribution in [3.8, 4) is 0 Å². The fourth-order valence-corrected chi connectivity index (χ4v) is 5.42. The molecule has 2 amide bonds. The molecular weight excluding hydrogens is 350 g/mol. The topological polar surface area (TPSA) is 63.2 Å². The van der Waals surface area contributed by atoms with E-state index >= 15 is 0 Å². The molecule has 2 unspecified atom stereocenters. The van der Waals surface area contributed by atoms with Gasteiger partial charge in [0.05, 0.1) is 11.8 Å². The molecule has 3 aromatic rings. The zero-order chi connectivity index (χ0) is 19.0. The van der Waals surface area contributed by atoms with Crippen LogP contribution in [0.15, 0.2) is 60.8 Å². The van der Waals surface area contributed by atoms with Crippen LogP contribution in [0.3, 0.4) is 0 Å². The van der Waals surface area contributed by atoms with Crippen molar-refractivity contribution in [3.05, 3.63) is 88.7 Å². The molecule has 5 nitrogen and oxygen atoms in total. The van der Waals surface area contributed by atoms with Crippen LogP contribution >= 0.6 is 0 Å². The van der Waals surface area contributed by atoms with Crippen LogP contribution in [0.25, 0.3) is 0 Å². The Hall–Kier alpha value is -3.34. The van der Waals surface area contributed by atoms with Crippen LogP contribution < -0.4 is 4.90 Å². The van der Waals surface area contributed by atoms with Gasteiger partial charge in [0, 0.05) is 23.7 Å². The van der Waals surface area contributed by atoms with E-state index in [1.54, 1.807) is 12.3 Å². The second-order valence-corrected chi connectivity index (χ2v) is 7.77. The average molecular weight is 367 g/mol. The van der Waals surface area contributed by atoms with Gasteiger partial charge in [0.25, 0.3) is 0 Å². The second kappa shape index (κ2) is 5.35. The summed E-state index contributed by atoms with van der Waals surface area (Å²) in [7, 11) is 0. The molecule has 2 atom stereocenters. The Balaban J connectivity index is 1.58. The summed E-state index contributed by atoms with van der Waals surface area (Å²) in [4.78, 5) is 36.8. The quantitative estimate of drug-likeness (QED) is 0.620. The molecular formula is C23H17N3O2. The van der Waals surface area contributed by atoms with E-state index in [0.717, 1.165) is 5.69 Å². The summed E-state index contributed by atoms with van der Waals surface area (Å²) in [6.45, 7) is 1.83. The number of amides is 2. The van der Waals surface area contributed by atoms with Crippen molar-refractivity contribution in [2.45, 2.75) is 18.8 Å². The van der Waals surface area contributed by atoms with Crippen LogP contribution in [-0.2, 0) is 9.59 Å². The van der Waals surface area contributed by atoms with E-state index in [1.807, 2.05) is 31.2 Å². The molecule has 4 aliphatic rings. The number of carbonyl (C=O) groups is 2. The van der Waals surface area contributed by atoms with Crippen LogP contribution in [0.2, 0.25) is 0 Å². The lowest BCUT2D eigenvalue weighted by atomic mass is 9.55. The van der Waals surface area contributed by atoms with E-state index in [-0.39, 0.29) is 29.6 Å². The number of nitrogens with zero attached hydrogens (tertiary/aromatic N) is 3. The predicted molar refractivity (Wildman–Crippen MR) is 103 cm³/mol. The van der Waals surface area contributed by atoms with Gasteiger partial charge in [-0.25, -0.2) is 14.9 Å². The highest BCUT2D eigenvalue weighted by atomic mass is 16.2. The first-order valence-electron chi connectivity index (χ1n) is 9.52. The first kappa shape index (κ1) is 15.7. The monoisotopic (exact) mass is 367 g/mol. The molecule has 1 aliphatic heterocycles. The maximum absolute atomic E-state index is 13.5. The van der Waals surface area contributed by atoms with Crippen molar-refractivity contribution in [1.82, 2.24) is 9.97 Å². The Morgan fingerprint density at radius 3 is 1.64 bits per heavy atom. The zero-order valence-electron chi connectivity index (χ0n) is 15.2. The molecule has 2 heterocycles. The second-order valence-electron chi connectivity index (χ2n) is 7.77. The highest BCUT2D eigenvalue weighted by Gasteiger charge is 2.62. The normalized spacial score (nSPS) is 26.8. The van der Waals surface area contributed by atoms with Crippen molar-refractivity contribution in [2.75, 3.05) is 4.90 Å². The molecule has 1 saturated heterocycles. The molecule has 3 aliphatic carbocycles. The number of rotatable bonds is 1. The van der Waals surface area contributed by atoms with Crippen LogP contribution in [0, 0.1) is 18.8 Å². The lowest BCUT2D eigenvalue weighted by Gasteiger charge is -2.45. The van der Waals surface area contributed by atoms with Gasteiger partial charge in [-0.3, -0.25) is 9.59 Å². The van der Waals surface area contributed by atoms with E-state index in [2.05, 4.69) is 34.2 Å². The standard InChI is InChI=1S/C23H17N3O2/c1-12-10-11-24-23(25-12)26-21(27)19-17-13-6-2-3-7-14(13)18(20(19)22(26)28)16-9-5-4-8-15(16)17/h2-11,17-20H,1H3. The third-order valence-corrected chi connectivity index (χ3v) is 6.43. The molecule has 0 saturated carbocycles. The SMILES string of the molecule is Cc1ccnc(N2C(=O)C3C4c5ccccc5C(c5ccccc54)C3C2=O)n1. The smallest absolute Gasteiger partial charge is 0.241 e. The molecule has 0 N–H and O–H groups in total. The summed E-state index contributed by atoms with van der Waals surface area (Å²) in [5.41, 5.74) is 5.40. The zero-order valence-corrected chi connectivity index (χ0v) is 15.2. The number of imide groups is 1. The van der Waals surface area contributed by atoms with Crippen LogP contribution in [0.4, 0.5) is 5.95 Å². The largest absolute Gasteiger partial charge is 0.274 e. The number of hydrogen-bond acceptors (Lipinski definition) is 4. The Bertz CT molecular complexity index is 1060. The summed E-state index contributed by atoms with van der Waals surface area (Å²) in [5.74, 6) is -1.17. The number of benzene rings is 2. The minimum absolute atomic E-state index is 0.103. The van der Waals surface area contributed by atoms with E-state index in [9.17, 15) is 9.59 Å². The van der Waals surface area contributed by atoms with Gasteiger partial charge in [-0.15, -0.1) is 0 Å². The van der Waals surface area contributed by atoms with Gasteiger partial charge >= 0.3 is 0 Å². The van der Waals surface area contributed by atoms with E-state index in [4.69, 9.17) is 0 Å². The molecule has 0 radical (unpaired) electrons. The highest BCUT2D eigenvalue weighted by molar-refractivity contribution is 6.22. The molecule has 7 rings (SSSR count). The minimum Gasteiger partial charge on any atom is -0.274 e. The fraction of sp³-hybridized carbons (Fsp3) is 0.217. The van der Waals surface area contributed by atoms with Gasteiger partial charge < -0.3 is 0 Å². The van der Waals surface area contributed by atoms with Gasteiger partial charge in [0.15, 0.2) is 0 Å². The molecule has 2 aromatic carbocycles. The molecule has 2 bridgehead atoms. The van der Waals surface area contributed by atoms with Crippen LogP contribution in [0.5, 0.6) is 0 Å². The van der Waals surface area contributed by atoms with Crippen LogP contribution in [0.1, 0.15) is 39.8 Å². The first-order valence-corrected chi connectivity index (χ1v) is 9.52. The Morgan fingerprint density at radius 2 is 1.21 bits per heavy atom. The number of anilines is 1. The van der Waals surface area contributed by atoms with E-state index in [1.165, 1.54) is 27.2 Å². The van der Waals surface area contributed by atoms with Gasteiger partial charge in [-0.2, -0.15) is 0 Å².